The second-order valence-electron chi connectivity index (χ2n) is 6.34. The summed E-state index contributed by atoms with van der Waals surface area (Å²) in [5.41, 5.74) is 1.43. The number of rotatable bonds is 10. The molecule has 162 valence electrons. The Kier molecular flexibility index (Phi) is 9.44. The number of aliphatic imine (C=N–C) groups is 1. The summed E-state index contributed by atoms with van der Waals surface area (Å²) < 4.78 is 24.1. The summed E-state index contributed by atoms with van der Waals surface area (Å²) in [7, 11) is 1.60. The number of guanidine groups is 1. The number of anilines is 1. The molecular formula is C22H29FN4O3. The van der Waals surface area contributed by atoms with E-state index in [1.165, 1.54) is 12.1 Å². The number of methoxy groups -OCH3 is 1. The molecule has 7 nitrogen and oxygen atoms in total. The molecule has 0 aromatic heterocycles. The van der Waals surface area contributed by atoms with Gasteiger partial charge in [-0.2, -0.15) is 0 Å². The molecule has 0 heterocycles. The molecule has 0 bridgehead atoms. The maximum absolute atomic E-state index is 13.2. The van der Waals surface area contributed by atoms with Crippen LogP contribution in [0.25, 0.3) is 0 Å². The van der Waals surface area contributed by atoms with E-state index in [0.717, 1.165) is 5.69 Å². The molecule has 0 saturated carbocycles. The Hall–Kier alpha value is -3.29. The largest absolute Gasteiger partial charge is 0.493 e. The average molecular weight is 416 g/mol. The van der Waals surface area contributed by atoms with Gasteiger partial charge >= 0.3 is 0 Å². The van der Waals surface area contributed by atoms with Gasteiger partial charge in [-0.1, -0.05) is 12.1 Å². The van der Waals surface area contributed by atoms with Gasteiger partial charge in [0.1, 0.15) is 5.82 Å². The molecule has 0 aliphatic rings. The van der Waals surface area contributed by atoms with Gasteiger partial charge in [-0.05, 0) is 43.7 Å². The number of hydrogen-bond acceptors (Lipinski definition) is 4. The van der Waals surface area contributed by atoms with Gasteiger partial charge in [0.2, 0.25) is 5.91 Å². The van der Waals surface area contributed by atoms with E-state index < -0.39 is 0 Å². The lowest BCUT2D eigenvalue weighted by atomic mass is 10.1. The van der Waals surface area contributed by atoms with E-state index in [4.69, 9.17) is 9.47 Å². The predicted molar refractivity (Wildman–Crippen MR) is 117 cm³/mol. The van der Waals surface area contributed by atoms with Crippen LogP contribution in [0.4, 0.5) is 10.1 Å². The number of carbonyl (C=O) groups is 1. The van der Waals surface area contributed by atoms with Crippen LogP contribution in [0.15, 0.2) is 47.5 Å². The van der Waals surface area contributed by atoms with Crippen LogP contribution in [0.2, 0.25) is 0 Å². The van der Waals surface area contributed by atoms with E-state index in [0.29, 0.717) is 49.3 Å². The summed E-state index contributed by atoms with van der Waals surface area (Å²) >= 11 is 0. The van der Waals surface area contributed by atoms with Gasteiger partial charge in [-0.25, -0.2) is 4.39 Å². The molecule has 3 N–H and O–H groups in total. The topological polar surface area (TPSA) is 84.0 Å². The summed E-state index contributed by atoms with van der Waals surface area (Å²) in [5.74, 6) is 1.36. The molecule has 1 amide bonds. The first-order chi connectivity index (χ1) is 14.5. The van der Waals surface area contributed by atoms with Gasteiger partial charge < -0.3 is 25.4 Å². The van der Waals surface area contributed by atoms with Crippen molar-refractivity contribution in [3.05, 3.63) is 53.8 Å². The van der Waals surface area contributed by atoms with E-state index in [1.54, 1.807) is 19.2 Å². The first kappa shape index (κ1) is 23.0. The fourth-order valence-electron chi connectivity index (χ4n) is 2.72. The van der Waals surface area contributed by atoms with Gasteiger partial charge in [0.25, 0.3) is 0 Å². The molecule has 0 atom stereocenters. The third-order valence-electron chi connectivity index (χ3n) is 4.03. The molecule has 0 aliphatic heterocycles. The Bertz CT molecular complexity index is 858. The van der Waals surface area contributed by atoms with Crippen molar-refractivity contribution in [3.8, 4) is 11.5 Å². The molecule has 0 spiro atoms. The Labute approximate surface area is 176 Å². The minimum absolute atomic E-state index is 0.131. The second-order valence-corrected chi connectivity index (χ2v) is 6.34. The number of ether oxygens (including phenoxy) is 2. The normalized spacial score (nSPS) is 11.0. The monoisotopic (exact) mass is 416 g/mol. The van der Waals surface area contributed by atoms with Gasteiger partial charge in [-0.3, -0.25) is 9.79 Å². The number of nitrogens with zero attached hydrogens (tertiary/aromatic N) is 1. The zero-order chi connectivity index (χ0) is 21.8. The van der Waals surface area contributed by atoms with Gasteiger partial charge in [-0.15, -0.1) is 0 Å². The van der Waals surface area contributed by atoms with Crippen LogP contribution in [-0.4, -0.2) is 45.2 Å². The van der Waals surface area contributed by atoms with E-state index in [1.807, 2.05) is 32.0 Å². The third kappa shape index (κ3) is 7.62. The molecule has 0 aliphatic carbocycles. The number of halogens is 1. The molecule has 2 aromatic rings. The Morgan fingerprint density at radius 3 is 2.63 bits per heavy atom. The quantitative estimate of drug-likeness (QED) is 0.315. The maximum atomic E-state index is 13.2. The molecule has 0 fully saturated rings. The van der Waals surface area contributed by atoms with Crippen LogP contribution < -0.4 is 25.4 Å². The first-order valence-electron chi connectivity index (χ1n) is 9.93. The summed E-state index contributed by atoms with van der Waals surface area (Å²) in [4.78, 5) is 16.5. The number of amides is 1. The van der Waals surface area contributed by atoms with E-state index in [2.05, 4.69) is 20.9 Å². The second kappa shape index (κ2) is 12.3. The molecule has 0 unspecified atom stereocenters. The minimum Gasteiger partial charge on any atom is -0.493 e. The Morgan fingerprint density at radius 1 is 1.10 bits per heavy atom. The highest BCUT2D eigenvalue weighted by molar-refractivity contribution is 5.94. The van der Waals surface area contributed by atoms with Crippen LogP contribution in [0, 0.1) is 5.82 Å². The predicted octanol–water partition coefficient (Wildman–Crippen LogP) is 2.97. The summed E-state index contributed by atoms with van der Waals surface area (Å²) in [6.45, 7) is 5.86. The zero-order valence-electron chi connectivity index (χ0n) is 17.6. The van der Waals surface area contributed by atoms with E-state index >= 15 is 0 Å². The van der Waals surface area contributed by atoms with Crippen LogP contribution in [0.3, 0.4) is 0 Å². The molecule has 30 heavy (non-hydrogen) atoms. The lowest BCUT2D eigenvalue weighted by Crippen LogP contribution is -2.32. The van der Waals surface area contributed by atoms with Crippen molar-refractivity contribution in [2.24, 2.45) is 4.99 Å². The van der Waals surface area contributed by atoms with Crippen molar-refractivity contribution in [3.63, 3.8) is 0 Å². The molecular weight excluding hydrogens is 387 g/mol. The summed E-state index contributed by atoms with van der Waals surface area (Å²) in [6, 6.07) is 11.6. The first-order valence-corrected chi connectivity index (χ1v) is 9.93. The highest BCUT2D eigenvalue weighted by Gasteiger charge is 2.07. The lowest BCUT2D eigenvalue weighted by Gasteiger charge is -2.14. The van der Waals surface area contributed by atoms with Gasteiger partial charge in [0, 0.05) is 24.8 Å². The van der Waals surface area contributed by atoms with Crippen LogP contribution in [0.1, 0.15) is 19.4 Å². The van der Waals surface area contributed by atoms with Crippen molar-refractivity contribution in [1.29, 1.82) is 0 Å². The number of nitrogens with one attached hydrogen (secondary N) is 3. The number of carbonyl (C=O) groups excluding carboxylic acids is 1. The summed E-state index contributed by atoms with van der Waals surface area (Å²) in [5, 5.41) is 9.16. The molecule has 8 heteroatoms. The number of hydrogen-bond donors (Lipinski definition) is 3. The summed E-state index contributed by atoms with van der Waals surface area (Å²) in [6.07, 6.45) is 0.131. The standard InChI is InChI=1S/C22H29FN4O3/c1-4-24-22(27-18-9-10-19(29-3)20(15-18)30-5-2)26-12-11-25-21(28)14-16-7-6-8-17(23)13-16/h6-10,13,15H,4-5,11-12,14H2,1-3H3,(H,25,28)(H2,24,26,27). The SMILES string of the molecule is CCNC(=NCCNC(=O)Cc1cccc(F)c1)Nc1ccc(OC)c(OCC)c1. The Morgan fingerprint density at radius 2 is 1.93 bits per heavy atom. The van der Waals surface area contributed by atoms with Crippen LogP contribution in [-0.2, 0) is 11.2 Å². The number of benzene rings is 2. The van der Waals surface area contributed by atoms with Crippen molar-refractivity contribution in [2.75, 3.05) is 38.7 Å². The highest BCUT2D eigenvalue weighted by atomic mass is 19.1. The Balaban J connectivity index is 1.89. The minimum atomic E-state index is -0.350. The smallest absolute Gasteiger partial charge is 0.224 e. The van der Waals surface area contributed by atoms with Crippen molar-refractivity contribution >= 4 is 17.6 Å². The van der Waals surface area contributed by atoms with Crippen LogP contribution in [0.5, 0.6) is 11.5 Å². The third-order valence-corrected chi connectivity index (χ3v) is 4.03. The van der Waals surface area contributed by atoms with E-state index in [-0.39, 0.29) is 18.1 Å². The van der Waals surface area contributed by atoms with Crippen molar-refractivity contribution in [2.45, 2.75) is 20.3 Å². The highest BCUT2D eigenvalue weighted by Crippen LogP contribution is 2.30. The zero-order valence-corrected chi connectivity index (χ0v) is 17.6. The van der Waals surface area contributed by atoms with Gasteiger partial charge in [0.15, 0.2) is 17.5 Å². The van der Waals surface area contributed by atoms with E-state index in [9.17, 15) is 9.18 Å². The fraction of sp³-hybridized carbons (Fsp3) is 0.364. The molecule has 0 radical (unpaired) electrons. The average Bonchev–Trinajstić information content (AvgIpc) is 2.72. The molecule has 2 aromatic carbocycles. The van der Waals surface area contributed by atoms with Crippen LogP contribution >= 0.6 is 0 Å². The van der Waals surface area contributed by atoms with Crippen molar-refractivity contribution < 1.29 is 18.7 Å². The van der Waals surface area contributed by atoms with Gasteiger partial charge in [0.05, 0.1) is 26.7 Å². The molecule has 2 rings (SSSR count). The fourth-order valence-corrected chi connectivity index (χ4v) is 2.72. The van der Waals surface area contributed by atoms with Crippen molar-refractivity contribution in [1.82, 2.24) is 10.6 Å². The maximum Gasteiger partial charge on any atom is 0.224 e. The lowest BCUT2D eigenvalue weighted by molar-refractivity contribution is -0.120. The molecule has 0 saturated heterocycles.